The van der Waals surface area contributed by atoms with Gasteiger partial charge in [-0.3, -0.25) is 4.79 Å². The van der Waals surface area contributed by atoms with Crippen molar-refractivity contribution in [3.8, 4) is 23.3 Å². The number of carbonyl (C=O) groups is 3. The normalized spacial score (nSPS) is 34.8. The van der Waals surface area contributed by atoms with Gasteiger partial charge in [-0.05, 0) is 81.4 Å². The van der Waals surface area contributed by atoms with Crippen molar-refractivity contribution in [1.29, 1.82) is 5.26 Å². The minimum atomic E-state index is -2.15. The molecule has 3 fully saturated rings. The molecule has 1 unspecified atom stereocenters. The summed E-state index contributed by atoms with van der Waals surface area (Å²) in [6.07, 6.45) is 3.47. The number of aliphatic hydroxyl groups excluding tert-OH is 1. The Hall–Kier alpha value is -4.49. The lowest BCUT2D eigenvalue weighted by atomic mass is 9.45. The van der Waals surface area contributed by atoms with E-state index in [2.05, 4.69) is 0 Å². The summed E-state index contributed by atoms with van der Waals surface area (Å²) in [6.45, 7) is 2.79. The molecule has 2 aromatic carbocycles. The van der Waals surface area contributed by atoms with E-state index in [0.29, 0.717) is 24.2 Å². The molecular formula is C35H34FNO8. The number of rotatable bonds is 6. The van der Waals surface area contributed by atoms with E-state index in [0.717, 1.165) is 0 Å². The van der Waals surface area contributed by atoms with Gasteiger partial charge in [0.25, 0.3) is 0 Å². The third-order valence-electron chi connectivity index (χ3n) is 10.8. The zero-order valence-corrected chi connectivity index (χ0v) is 25.0. The van der Waals surface area contributed by atoms with E-state index in [-0.39, 0.29) is 36.4 Å². The number of aromatic hydroxyl groups is 1. The van der Waals surface area contributed by atoms with E-state index in [4.69, 9.17) is 19.5 Å². The minimum absolute atomic E-state index is 0.0346. The Morgan fingerprint density at radius 1 is 1.09 bits per heavy atom. The second-order valence-corrected chi connectivity index (χ2v) is 12.8. The van der Waals surface area contributed by atoms with Crippen molar-refractivity contribution in [2.45, 2.75) is 63.3 Å². The van der Waals surface area contributed by atoms with E-state index in [1.54, 1.807) is 50.3 Å². The van der Waals surface area contributed by atoms with E-state index in [1.165, 1.54) is 30.4 Å². The van der Waals surface area contributed by atoms with Crippen LogP contribution in [0.15, 0.2) is 72.3 Å². The summed E-state index contributed by atoms with van der Waals surface area (Å²) in [6, 6.07) is 14.6. The van der Waals surface area contributed by atoms with Crippen LogP contribution in [0, 0.1) is 34.0 Å². The first kappa shape index (κ1) is 30.5. The molecule has 0 radical (unpaired) electrons. The summed E-state index contributed by atoms with van der Waals surface area (Å²) in [7, 11) is 0. The number of benzene rings is 2. The van der Waals surface area contributed by atoms with Crippen LogP contribution in [-0.4, -0.2) is 51.9 Å². The van der Waals surface area contributed by atoms with Gasteiger partial charge < -0.3 is 24.4 Å². The molecule has 45 heavy (non-hydrogen) atoms. The van der Waals surface area contributed by atoms with Crippen LogP contribution in [0.2, 0.25) is 0 Å². The molecule has 9 nitrogen and oxygen atoms in total. The standard InChI is InChI=1S/C35H34FNO8/c1-32-14-12-22(38)18-21(32)8-11-27-26-13-15-34(31(42)43-17-16-37,33(26,2)20-29(40)35(27,32)36)45-30(41)25-10-9-24(19-28(25)39)44-23-6-4-3-5-7-23/h3-7,9-10,12,14,18-19,26-27,29,39-40H,8,11,13,15,17,20H2,1-2H3/t26-,27-,29-,32-,33-,34+,35?/m0/s1. The van der Waals surface area contributed by atoms with E-state index in [9.17, 15) is 24.6 Å². The molecule has 6 rings (SSSR count). The molecule has 10 heteroatoms. The zero-order chi connectivity index (χ0) is 32.2. The fourth-order valence-corrected chi connectivity index (χ4v) is 8.54. The lowest BCUT2D eigenvalue weighted by Gasteiger charge is -2.62. The summed E-state index contributed by atoms with van der Waals surface area (Å²) in [4.78, 5) is 39.6. The number of halogens is 1. The van der Waals surface area contributed by atoms with Crippen molar-refractivity contribution in [3.05, 3.63) is 77.9 Å². The summed E-state index contributed by atoms with van der Waals surface area (Å²) in [5.41, 5.74) is -6.26. The average molecular weight is 616 g/mol. The first-order chi connectivity index (χ1) is 21.4. The second kappa shape index (κ2) is 10.8. The summed E-state index contributed by atoms with van der Waals surface area (Å²) >= 11 is 0. The third-order valence-corrected chi connectivity index (χ3v) is 10.8. The van der Waals surface area contributed by atoms with Crippen LogP contribution in [0.5, 0.6) is 17.2 Å². The number of fused-ring (bicyclic) bond motifs is 5. The second-order valence-electron chi connectivity index (χ2n) is 12.8. The molecule has 0 aliphatic heterocycles. The van der Waals surface area contributed by atoms with Crippen molar-refractivity contribution in [2.24, 2.45) is 22.7 Å². The highest BCUT2D eigenvalue weighted by Gasteiger charge is 2.76. The minimum Gasteiger partial charge on any atom is -0.507 e. The third kappa shape index (κ3) is 4.47. The van der Waals surface area contributed by atoms with Crippen molar-refractivity contribution in [1.82, 2.24) is 0 Å². The molecule has 0 bridgehead atoms. The van der Waals surface area contributed by atoms with Gasteiger partial charge in [0.05, 0.1) is 6.10 Å². The maximum Gasteiger partial charge on any atom is 0.352 e. The first-order valence-electron chi connectivity index (χ1n) is 15.0. The summed E-state index contributed by atoms with van der Waals surface area (Å²) < 4.78 is 34.6. The molecule has 0 heterocycles. The Morgan fingerprint density at radius 2 is 1.84 bits per heavy atom. The predicted molar refractivity (Wildman–Crippen MR) is 158 cm³/mol. The van der Waals surface area contributed by atoms with Gasteiger partial charge >= 0.3 is 11.9 Å². The number of aliphatic hydroxyl groups is 1. The van der Waals surface area contributed by atoms with E-state index < -0.39 is 64.3 Å². The molecule has 0 aromatic heterocycles. The summed E-state index contributed by atoms with van der Waals surface area (Å²) in [5.74, 6) is -3.13. The molecule has 2 aromatic rings. The van der Waals surface area contributed by atoms with Crippen LogP contribution in [0.4, 0.5) is 4.39 Å². The Bertz CT molecular complexity index is 1670. The Labute approximate surface area is 259 Å². The number of hydrogen-bond donors (Lipinski definition) is 2. The molecule has 2 N–H and O–H groups in total. The number of alkyl halides is 1. The first-order valence-corrected chi connectivity index (χ1v) is 15.0. The van der Waals surface area contributed by atoms with Crippen LogP contribution in [0.25, 0.3) is 0 Å². The SMILES string of the molecule is C[C@]12C=CC(=O)C=C1CC[C@H]1[C@@H]3CC[C@@](OC(=O)c4ccc(Oc5ccccc5)cc4O)(C(=O)OCC#N)[C@@]3(C)C[C@H](O)C12F. The van der Waals surface area contributed by atoms with E-state index >= 15 is 4.39 Å². The Kier molecular flexibility index (Phi) is 7.36. The van der Waals surface area contributed by atoms with Crippen LogP contribution >= 0.6 is 0 Å². The van der Waals surface area contributed by atoms with Gasteiger partial charge in [0.1, 0.15) is 28.9 Å². The van der Waals surface area contributed by atoms with Crippen molar-refractivity contribution >= 4 is 17.7 Å². The lowest BCUT2D eigenvalue weighted by molar-refractivity contribution is -0.224. The largest absolute Gasteiger partial charge is 0.507 e. The number of ether oxygens (including phenoxy) is 3. The Morgan fingerprint density at radius 3 is 2.56 bits per heavy atom. The van der Waals surface area contributed by atoms with Crippen LogP contribution in [0.1, 0.15) is 56.3 Å². The van der Waals surface area contributed by atoms with Gasteiger partial charge in [0.2, 0.25) is 5.60 Å². The van der Waals surface area contributed by atoms with Crippen molar-refractivity contribution in [2.75, 3.05) is 6.61 Å². The van der Waals surface area contributed by atoms with Gasteiger partial charge in [-0.15, -0.1) is 0 Å². The maximum absolute atomic E-state index is 17.5. The van der Waals surface area contributed by atoms with E-state index in [1.807, 2.05) is 6.07 Å². The van der Waals surface area contributed by atoms with Gasteiger partial charge in [-0.25, -0.2) is 14.0 Å². The number of esters is 2. The molecule has 3 saturated carbocycles. The highest BCUT2D eigenvalue weighted by molar-refractivity contribution is 6.01. The Balaban J connectivity index is 1.34. The van der Waals surface area contributed by atoms with Gasteiger partial charge in [-0.1, -0.05) is 36.8 Å². The molecule has 0 saturated heterocycles. The molecule has 234 valence electrons. The highest BCUT2D eigenvalue weighted by Crippen LogP contribution is 2.70. The molecule has 0 spiro atoms. The molecule has 7 atom stereocenters. The molecule has 4 aliphatic carbocycles. The fourth-order valence-electron chi connectivity index (χ4n) is 8.54. The van der Waals surface area contributed by atoms with Crippen LogP contribution in [-0.2, 0) is 19.1 Å². The monoisotopic (exact) mass is 615 g/mol. The number of phenolic OH excluding ortho intramolecular Hbond substituents is 1. The number of hydrogen-bond acceptors (Lipinski definition) is 9. The van der Waals surface area contributed by atoms with Crippen LogP contribution in [0.3, 0.4) is 0 Å². The highest BCUT2D eigenvalue weighted by atomic mass is 19.1. The number of nitrogens with zero attached hydrogens (tertiary/aromatic N) is 1. The average Bonchev–Trinajstić information content (AvgIpc) is 3.29. The maximum atomic E-state index is 17.5. The molecular weight excluding hydrogens is 581 g/mol. The number of para-hydroxylation sites is 1. The zero-order valence-electron chi connectivity index (χ0n) is 25.0. The fraction of sp³-hybridized carbons (Fsp3) is 0.429. The quantitative estimate of drug-likeness (QED) is 0.402. The number of carbonyl (C=O) groups excluding carboxylic acids is 3. The lowest BCUT2D eigenvalue weighted by Crippen LogP contribution is -2.69. The topological polar surface area (TPSA) is 143 Å². The van der Waals surface area contributed by atoms with Crippen LogP contribution < -0.4 is 4.74 Å². The van der Waals surface area contributed by atoms with Gasteiger partial charge in [0.15, 0.2) is 18.1 Å². The van der Waals surface area contributed by atoms with Crippen molar-refractivity contribution < 1.29 is 43.2 Å². The van der Waals surface area contributed by atoms with Gasteiger partial charge in [0, 0.05) is 22.8 Å². The summed E-state index contributed by atoms with van der Waals surface area (Å²) in [5, 5.41) is 31.6. The molecule has 0 amide bonds. The number of phenols is 1. The molecule has 4 aliphatic rings. The van der Waals surface area contributed by atoms with Gasteiger partial charge in [-0.2, -0.15) is 5.26 Å². The van der Waals surface area contributed by atoms with Crippen molar-refractivity contribution in [3.63, 3.8) is 0 Å². The predicted octanol–water partition coefficient (Wildman–Crippen LogP) is 5.52. The smallest absolute Gasteiger partial charge is 0.352 e. The number of allylic oxidation sites excluding steroid dienone is 4. The number of nitriles is 1. The number of ketones is 1.